The van der Waals surface area contributed by atoms with Gasteiger partial charge in [-0.25, -0.2) is 0 Å². The summed E-state index contributed by atoms with van der Waals surface area (Å²) in [5.74, 6) is 0. The van der Waals surface area contributed by atoms with Crippen LogP contribution in [0, 0.1) is 0 Å². The zero-order valence-electron chi connectivity index (χ0n) is 11.2. The second kappa shape index (κ2) is 10.1. The van der Waals surface area contributed by atoms with Gasteiger partial charge < -0.3 is 9.31 Å². The van der Waals surface area contributed by atoms with Crippen LogP contribution >= 0.6 is 0 Å². The molecular formula is C14H18BNO3. The summed E-state index contributed by atoms with van der Waals surface area (Å²) >= 11 is 0. The molecule has 1 N–H and O–H groups in total. The average Bonchev–Trinajstić information content (AvgIpc) is 2.52. The molecule has 0 saturated heterocycles. The van der Waals surface area contributed by atoms with Crippen molar-refractivity contribution in [2.24, 2.45) is 0 Å². The van der Waals surface area contributed by atoms with Gasteiger partial charge in [0.05, 0.1) is 5.69 Å². The van der Waals surface area contributed by atoms with E-state index in [0.29, 0.717) is 0 Å². The molecule has 0 aliphatic heterocycles. The molecule has 0 atom stereocenters. The fourth-order valence-corrected chi connectivity index (χ4v) is 1.20. The predicted molar refractivity (Wildman–Crippen MR) is 77.4 cm³/mol. The van der Waals surface area contributed by atoms with Gasteiger partial charge in [-0.05, 0) is 12.1 Å². The molecule has 0 aromatic heterocycles. The van der Waals surface area contributed by atoms with E-state index in [2.05, 4.69) is 5.48 Å². The van der Waals surface area contributed by atoms with Gasteiger partial charge in [0.2, 0.25) is 0 Å². The Labute approximate surface area is 114 Å². The van der Waals surface area contributed by atoms with Crippen molar-refractivity contribution >= 4 is 13.0 Å². The quantitative estimate of drug-likeness (QED) is 0.661. The number of rotatable bonds is 5. The number of anilines is 1. The fourth-order valence-electron chi connectivity index (χ4n) is 1.20. The third kappa shape index (κ3) is 7.26. The van der Waals surface area contributed by atoms with Crippen molar-refractivity contribution in [2.45, 2.75) is 0 Å². The van der Waals surface area contributed by atoms with Gasteiger partial charge in [-0.2, -0.15) is 0 Å². The van der Waals surface area contributed by atoms with Crippen molar-refractivity contribution in [3.63, 3.8) is 0 Å². The van der Waals surface area contributed by atoms with E-state index in [1.54, 1.807) is 0 Å². The Kier molecular flexibility index (Phi) is 8.13. The van der Waals surface area contributed by atoms with E-state index >= 15 is 0 Å². The third-order valence-electron chi connectivity index (χ3n) is 2.10. The summed E-state index contributed by atoms with van der Waals surface area (Å²) in [5.41, 5.74) is 3.55. The van der Waals surface area contributed by atoms with E-state index < -0.39 is 7.32 Å². The fraction of sp³-hybridized carbons (Fsp3) is 0.143. The topological polar surface area (TPSA) is 39.7 Å². The standard InChI is InChI=1S/C8H12BNO3.C6H6/c1-11-9(12-2)13-10-8-6-4-3-5-7-8;1-2-4-6-5-3-1/h3-7,10H,1-2H3;1-6H. The maximum absolute atomic E-state index is 5.03. The number of nitrogens with one attached hydrogen (secondary N) is 1. The van der Waals surface area contributed by atoms with Gasteiger partial charge in [-0.15, -0.1) is 0 Å². The number of para-hydroxylation sites is 1. The Morgan fingerprint density at radius 1 is 0.737 bits per heavy atom. The summed E-state index contributed by atoms with van der Waals surface area (Å²) in [5, 5.41) is 0. The number of benzene rings is 2. The summed E-state index contributed by atoms with van der Waals surface area (Å²) in [6, 6.07) is 21.5. The molecule has 0 saturated carbocycles. The molecule has 0 unspecified atom stereocenters. The predicted octanol–water partition coefficient (Wildman–Crippen LogP) is 2.99. The average molecular weight is 259 g/mol. The largest absolute Gasteiger partial charge is 0.661 e. The van der Waals surface area contributed by atoms with Crippen LogP contribution in [0.25, 0.3) is 0 Å². The lowest BCUT2D eigenvalue weighted by Gasteiger charge is -2.10. The zero-order chi connectivity index (χ0) is 13.8. The number of hydrogen-bond donors (Lipinski definition) is 1. The summed E-state index contributed by atoms with van der Waals surface area (Å²) in [6.07, 6.45) is 0. The summed E-state index contributed by atoms with van der Waals surface area (Å²) < 4.78 is 14.7. The van der Waals surface area contributed by atoms with Gasteiger partial charge in [0.1, 0.15) is 0 Å². The minimum absolute atomic E-state index is 0.694. The highest BCUT2D eigenvalue weighted by Crippen LogP contribution is 2.05. The molecule has 0 aliphatic rings. The van der Waals surface area contributed by atoms with Crippen LogP contribution in [-0.2, 0) is 14.1 Å². The molecular weight excluding hydrogens is 241 g/mol. The highest BCUT2D eigenvalue weighted by molar-refractivity contribution is 6.36. The Morgan fingerprint density at radius 3 is 1.58 bits per heavy atom. The van der Waals surface area contributed by atoms with Crippen LogP contribution < -0.4 is 5.48 Å². The van der Waals surface area contributed by atoms with Crippen LogP contribution in [0.1, 0.15) is 0 Å². The van der Waals surface area contributed by atoms with Crippen LogP contribution in [0.4, 0.5) is 5.69 Å². The molecule has 19 heavy (non-hydrogen) atoms. The monoisotopic (exact) mass is 259 g/mol. The van der Waals surface area contributed by atoms with Crippen LogP contribution in [0.5, 0.6) is 0 Å². The molecule has 4 nitrogen and oxygen atoms in total. The second-order valence-electron chi connectivity index (χ2n) is 3.50. The van der Waals surface area contributed by atoms with E-state index in [-0.39, 0.29) is 0 Å². The van der Waals surface area contributed by atoms with Crippen molar-refractivity contribution < 1.29 is 14.1 Å². The molecule has 100 valence electrons. The maximum atomic E-state index is 5.03. The Hall–Kier alpha value is -1.82. The van der Waals surface area contributed by atoms with Gasteiger partial charge in [-0.1, -0.05) is 54.6 Å². The smallest absolute Gasteiger partial charge is 0.387 e. The SMILES string of the molecule is COB(OC)ONc1ccccc1.c1ccccc1. The van der Waals surface area contributed by atoms with Crippen LogP contribution in [0.15, 0.2) is 66.7 Å². The summed E-state index contributed by atoms with van der Waals surface area (Å²) in [7, 11) is 2.31. The van der Waals surface area contributed by atoms with E-state index in [0.717, 1.165) is 5.69 Å². The molecule has 0 spiro atoms. The first-order valence-corrected chi connectivity index (χ1v) is 5.89. The highest BCUT2D eigenvalue weighted by Gasteiger charge is 2.17. The minimum Gasteiger partial charge on any atom is -0.387 e. The molecule has 5 heteroatoms. The van der Waals surface area contributed by atoms with E-state index in [9.17, 15) is 0 Å². The van der Waals surface area contributed by atoms with E-state index in [1.165, 1.54) is 14.2 Å². The first-order valence-electron chi connectivity index (χ1n) is 5.89. The number of hydrogen-bond acceptors (Lipinski definition) is 4. The van der Waals surface area contributed by atoms with Crippen molar-refractivity contribution in [1.29, 1.82) is 0 Å². The van der Waals surface area contributed by atoms with Crippen LogP contribution in [0.3, 0.4) is 0 Å². The molecule has 0 heterocycles. The normalized spacial score (nSPS) is 9.16. The molecule has 0 amide bonds. The van der Waals surface area contributed by atoms with Gasteiger partial charge in [0.15, 0.2) is 0 Å². The van der Waals surface area contributed by atoms with Gasteiger partial charge in [0.25, 0.3) is 0 Å². The van der Waals surface area contributed by atoms with Gasteiger partial charge in [0, 0.05) is 14.2 Å². The molecule has 0 aliphatic carbocycles. The van der Waals surface area contributed by atoms with Crippen LogP contribution in [0.2, 0.25) is 0 Å². The molecule has 0 fully saturated rings. The maximum Gasteiger partial charge on any atom is 0.661 e. The first-order chi connectivity index (χ1) is 9.36. The first kappa shape index (κ1) is 15.2. The second-order valence-corrected chi connectivity index (χ2v) is 3.50. The summed E-state index contributed by atoms with van der Waals surface area (Å²) in [6.45, 7) is 0. The lowest BCUT2D eigenvalue weighted by Crippen LogP contribution is -2.26. The van der Waals surface area contributed by atoms with E-state index in [1.807, 2.05) is 66.7 Å². The summed E-state index contributed by atoms with van der Waals surface area (Å²) in [4.78, 5) is 0. The van der Waals surface area contributed by atoms with Crippen LogP contribution in [-0.4, -0.2) is 21.5 Å². The van der Waals surface area contributed by atoms with Crippen molar-refractivity contribution in [1.82, 2.24) is 0 Å². The van der Waals surface area contributed by atoms with Crippen molar-refractivity contribution in [3.8, 4) is 0 Å². The van der Waals surface area contributed by atoms with Crippen molar-refractivity contribution in [2.75, 3.05) is 19.7 Å². The molecule has 2 aromatic rings. The molecule has 2 aromatic carbocycles. The van der Waals surface area contributed by atoms with E-state index in [4.69, 9.17) is 14.1 Å². The molecule has 0 bridgehead atoms. The Morgan fingerprint density at radius 2 is 1.16 bits per heavy atom. The van der Waals surface area contributed by atoms with Crippen molar-refractivity contribution in [3.05, 3.63) is 66.7 Å². The zero-order valence-corrected chi connectivity index (χ0v) is 11.2. The van der Waals surface area contributed by atoms with Gasteiger partial charge in [-0.3, -0.25) is 10.2 Å². The highest BCUT2D eigenvalue weighted by atomic mass is 16.8. The lowest BCUT2D eigenvalue weighted by molar-refractivity contribution is 0.162. The third-order valence-corrected chi connectivity index (χ3v) is 2.10. The Bertz CT molecular complexity index is 383. The lowest BCUT2D eigenvalue weighted by atomic mass is 10.2. The van der Waals surface area contributed by atoms with Gasteiger partial charge >= 0.3 is 7.32 Å². The molecule has 2 rings (SSSR count). The minimum atomic E-state index is -0.694. The Balaban J connectivity index is 0.000000250. The molecule has 0 radical (unpaired) electrons.